The fraction of sp³-hybridized carbons (Fsp3) is 0.333. The Kier molecular flexibility index (Phi) is 11.1. The number of methoxy groups -OCH3 is 1. The number of carbonyl (C=O) groups is 2. The number of anilines is 1. The summed E-state index contributed by atoms with van der Waals surface area (Å²) in [5, 5.41) is 2.99. The van der Waals surface area contributed by atoms with Crippen molar-refractivity contribution < 1.29 is 27.1 Å². The van der Waals surface area contributed by atoms with Crippen LogP contribution in [0.25, 0.3) is 0 Å². The van der Waals surface area contributed by atoms with Gasteiger partial charge in [-0.3, -0.25) is 13.9 Å². The number of carbonyl (C=O) groups excluding carboxylic acids is 2. The summed E-state index contributed by atoms with van der Waals surface area (Å²) in [6, 6.07) is 15.4. The number of hydrogen-bond donors (Lipinski definition) is 1. The molecule has 3 rings (SSSR count). The molecule has 2 amide bonds. The van der Waals surface area contributed by atoms with Crippen molar-refractivity contribution in [1.82, 2.24) is 10.2 Å². The summed E-state index contributed by atoms with van der Waals surface area (Å²) < 4.78 is 47.7. The normalized spacial score (nSPS) is 12.0. The quantitative estimate of drug-likeness (QED) is 0.285. The molecular formula is C30H35ClFN3O5S. The smallest absolute Gasteiger partial charge is 0.264 e. The van der Waals surface area contributed by atoms with E-state index in [4.69, 9.17) is 16.3 Å². The molecule has 1 atom stereocenters. The van der Waals surface area contributed by atoms with Crippen LogP contribution in [0.3, 0.4) is 0 Å². The van der Waals surface area contributed by atoms with Crippen LogP contribution in [0.1, 0.15) is 37.8 Å². The number of benzene rings is 3. The SMILES string of the molecule is CCCNC(=O)[C@@H](CC)N(Cc1ccc(F)cc1)C(=O)CN(c1ccc(OC)c(Cl)c1)S(=O)(=O)c1ccc(C)cc1. The van der Waals surface area contributed by atoms with Crippen LogP contribution in [0.2, 0.25) is 5.02 Å². The van der Waals surface area contributed by atoms with Gasteiger partial charge in [0.1, 0.15) is 24.2 Å². The topological polar surface area (TPSA) is 96.0 Å². The lowest BCUT2D eigenvalue weighted by Gasteiger charge is -2.33. The molecular weight excluding hydrogens is 569 g/mol. The molecule has 0 aliphatic carbocycles. The van der Waals surface area contributed by atoms with E-state index in [9.17, 15) is 22.4 Å². The lowest BCUT2D eigenvalue weighted by molar-refractivity contribution is -0.140. The first-order chi connectivity index (χ1) is 19.5. The molecule has 0 saturated carbocycles. The van der Waals surface area contributed by atoms with Gasteiger partial charge in [-0.15, -0.1) is 0 Å². The van der Waals surface area contributed by atoms with Gasteiger partial charge in [0.15, 0.2) is 0 Å². The Balaban J connectivity index is 2.08. The molecule has 0 saturated heterocycles. The summed E-state index contributed by atoms with van der Waals surface area (Å²) in [7, 11) is -2.81. The molecule has 0 heterocycles. The van der Waals surface area contributed by atoms with Crippen molar-refractivity contribution >= 4 is 39.1 Å². The summed E-state index contributed by atoms with van der Waals surface area (Å²) in [5.41, 5.74) is 1.60. The van der Waals surface area contributed by atoms with Crippen LogP contribution in [0.5, 0.6) is 5.75 Å². The maximum absolute atomic E-state index is 14.0. The number of halogens is 2. The van der Waals surface area contributed by atoms with Crippen LogP contribution in [0, 0.1) is 12.7 Å². The van der Waals surface area contributed by atoms with Crippen molar-refractivity contribution in [3.8, 4) is 5.75 Å². The molecule has 0 radical (unpaired) electrons. The molecule has 41 heavy (non-hydrogen) atoms. The lowest BCUT2D eigenvalue weighted by atomic mass is 10.1. The minimum atomic E-state index is -4.24. The average Bonchev–Trinajstić information content (AvgIpc) is 2.95. The Morgan fingerprint density at radius 1 is 1.02 bits per heavy atom. The summed E-state index contributed by atoms with van der Waals surface area (Å²) >= 11 is 6.35. The van der Waals surface area contributed by atoms with E-state index in [1.54, 1.807) is 19.1 Å². The highest BCUT2D eigenvalue weighted by Gasteiger charge is 2.34. The van der Waals surface area contributed by atoms with Gasteiger partial charge in [-0.1, -0.05) is 55.3 Å². The van der Waals surface area contributed by atoms with Gasteiger partial charge < -0.3 is 15.0 Å². The molecule has 0 bridgehead atoms. The van der Waals surface area contributed by atoms with Crippen LogP contribution in [-0.2, 0) is 26.2 Å². The second kappa shape index (κ2) is 14.3. The molecule has 0 aliphatic heterocycles. The molecule has 3 aromatic carbocycles. The first-order valence-corrected chi connectivity index (χ1v) is 15.1. The van der Waals surface area contributed by atoms with E-state index in [0.717, 1.165) is 9.87 Å². The monoisotopic (exact) mass is 603 g/mol. The molecule has 220 valence electrons. The van der Waals surface area contributed by atoms with Gasteiger partial charge in [0.2, 0.25) is 11.8 Å². The predicted molar refractivity (Wildman–Crippen MR) is 158 cm³/mol. The van der Waals surface area contributed by atoms with E-state index in [1.165, 1.54) is 66.6 Å². The van der Waals surface area contributed by atoms with Crippen molar-refractivity contribution in [3.63, 3.8) is 0 Å². The summed E-state index contributed by atoms with van der Waals surface area (Å²) in [4.78, 5) is 28.5. The Morgan fingerprint density at radius 2 is 1.68 bits per heavy atom. The van der Waals surface area contributed by atoms with Crippen molar-refractivity contribution in [2.75, 3.05) is 24.5 Å². The van der Waals surface area contributed by atoms with Crippen LogP contribution >= 0.6 is 11.6 Å². The van der Waals surface area contributed by atoms with Gasteiger partial charge in [-0.2, -0.15) is 0 Å². The summed E-state index contributed by atoms with van der Waals surface area (Å²) in [6.07, 6.45) is 0.983. The summed E-state index contributed by atoms with van der Waals surface area (Å²) in [5.74, 6) is -1.07. The number of nitrogens with one attached hydrogen (secondary N) is 1. The van der Waals surface area contributed by atoms with E-state index in [-0.39, 0.29) is 34.5 Å². The van der Waals surface area contributed by atoms with Gasteiger partial charge in [0, 0.05) is 13.1 Å². The number of hydrogen-bond acceptors (Lipinski definition) is 5. The highest BCUT2D eigenvalue weighted by atomic mass is 35.5. The Labute approximate surface area is 246 Å². The molecule has 0 unspecified atom stereocenters. The van der Waals surface area contributed by atoms with Gasteiger partial charge in [0.05, 0.1) is 22.7 Å². The number of rotatable bonds is 13. The molecule has 0 aromatic heterocycles. The van der Waals surface area contributed by atoms with E-state index >= 15 is 0 Å². The predicted octanol–water partition coefficient (Wildman–Crippen LogP) is 5.33. The van der Waals surface area contributed by atoms with Crippen LogP contribution in [0.15, 0.2) is 71.6 Å². The first-order valence-electron chi connectivity index (χ1n) is 13.3. The minimum Gasteiger partial charge on any atom is -0.495 e. The fourth-order valence-electron chi connectivity index (χ4n) is 4.25. The van der Waals surface area contributed by atoms with E-state index < -0.39 is 34.3 Å². The van der Waals surface area contributed by atoms with E-state index in [1.807, 2.05) is 13.8 Å². The highest BCUT2D eigenvalue weighted by Crippen LogP contribution is 2.32. The zero-order valence-electron chi connectivity index (χ0n) is 23.6. The average molecular weight is 604 g/mol. The van der Waals surface area contributed by atoms with E-state index in [0.29, 0.717) is 24.3 Å². The molecule has 8 nitrogen and oxygen atoms in total. The Hall–Kier alpha value is -3.63. The van der Waals surface area contributed by atoms with Crippen LogP contribution in [-0.4, -0.2) is 51.4 Å². The zero-order chi connectivity index (χ0) is 30.2. The highest BCUT2D eigenvalue weighted by molar-refractivity contribution is 7.92. The summed E-state index contributed by atoms with van der Waals surface area (Å²) in [6.45, 7) is 5.30. The number of sulfonamides is 1. The molecule has 0 fully saturated rings. The second-order valence-electron chi connectivity index (χ2n) is 9.51. The third kappa shape index (κ3) is 7.98. The third-order valence-electron chi connectivity index (χ3n) is 6.51. The molecule has 1 N–H and O–H groups in total. The number of nitrogens with zero attached hydrogens (tertiary/aromatic N) is 2. The third-order valence-corrected chi connectivity index (χ3v) is 8.60. The first kappa shape index (κ1) is 31.9. The van der Waals surface area contributed by atoms with Gasteiger partial charge in [-0.05, 0) is 67.8 Å². The largest absolute Gasteiger partial charge is 0.495 e. The van der Waals surface area contributed by atoms with E-state index in [2.05, 4.69) is 5.32 Å². The van der Waals surface area contributed by atoms with Crippen molar-refractivity contribution in [3.05, 3.63) is 88.7 Å². The van der Waals surface area contributed by atoms with Gasteiger partial charge >= 0.3 is 0 Å². The van der Waals surface area contributed by atoms with Crippen LogP contribution in [0.4, 0.5) is 10.1 Å². The molecule has 0 spiro atoms. The fourth-order valence-corrected chi connectivity index (χ4v) is 5.91. The van der Waals surface area contributed by atoms with Gasteiger partial charge in [0.25, 0.3) is 10.0 Å². The molecule has 0 aliphatic rings. The number of ether oxygens (including phenoxy) is 1. The maximum Gasteiger partial charge on any atom is 0.264 e. The van der Waals surface area contributed by atoms with Gasteiger partial charge in [-0.25, -0.2) is 12.8 Å². The number of amides is 2. The Morgan fingerprint density at radius 3 is 2.24 bits per heavy atom. The standard InChI is InChI=1S/C30H35ClFN3O5S/c1-5-17-33-30(37)27(6-2)34(19-22-9-11-23(32)12-10-22)29(36)20-35(24-13-16-28(40-4)26(31)18-24)41(38,39)25-14-7-21(3)8-15-25/h7-16,18,27H,5-6,17,19-20H2,1-4H3,(H,33,37)/t27-/m1/s1. The second-order valence-corrected chi connectivity index (χ2v) is 11.8. The maximum atomic E-state index is 14.0. The molecule has 11 heteroatoms. The Bertz CT molecular complexity index is 1450. The zero-order valence-corrected chi connectivity index (χ0v) is 25.1. The minimum absolute atomic E-state index is 0.0133. The van der Waals surface area contributed by atoms with Crippen molar-refractivity contribution in [1.29, 1.82) is 0 Å². The molecule has 3 aromatic rings. The van der Waals surface area contributed by atoms with Crippen LogP contribution < -0.4 is 14.4 Å². The number of aryl methyl sites for hydroxylation is 1. The van der Waals surface area contributed by atoms with Crippen molar-refractivity contribution in [2.24, 2.45) is 0 Å². The van der Waals surface area contributed by atoms with Crippen molar-refractivity contribution in [2.45, 2.75) is 51.1 Å². The lowest BCUT2D eigenvalue weighted by Crippen LogP contribution is -2.52.